The first kappa shape index (κ1) is 8.65. The van der Waals surface area contributed by atoms with E-state index >= 15 is 0 Å². The van der Waals surface area contributed by atoms with E-state index in [-0.39, 0.29) is 12.6 Å². The average molecular weight is 229 g/mol. The molecule has 1 unspecified atom stereocenters. The average Bonchev–Trinajstić information content (AvgIpc) is 1.69. The van der Waals surface area contributed by atoms with Gasteiger partial charge < -0.3 is 5.11 Å². The molecule has 1 atom stereocenters. The van der Waals surface area contributed by atoms with Crippen LogP contribution in [0.2, 0.25) is 0 Å². The minimum absolute atomic E-state index is 0.223. The van der Waals surface area contributed by atoms with Crippen molar-refractivity contribution >= 4 is 22.9 Å². The number of nitrogens with one attached hydrogen (secondary N) is 1. The summed E-state index contributed by atoms with van der Waals surface area (Å²) in [4.78, 5) is 0. The van der Waals surface area contributed by atoms with E-state index in [1.807, 2.05) is 0 Å². The molecule has 0 aliphatic heterocycles. The van der Waals surface area contributed by atoms with Gasteiger partial charge in [-0.3, -0.25) is 3.53 Å². The maximum Gasteiger partial charge on any atom is 0.0594 e. The first-order valence-corrected chi connectivity index (χ1v) is 3.77. The Morgan fingerprint density at radius 1 is 1.62 bits per heavy atom. The number of hydrogen-bond acceptors (Lipinski definition) is 2. The van der Waals surface area contributed by atoms with E-state index in [4.69, 9.17) is 5.11 Å². The predicted octanol–water partition coefficient (Wildman–Crippen LogP) is 0.943. The lowest BCUT2D eigenvalue weighted by Gasteiger charge is -2.14. The Morgan fingerprint density at radius 2 is 2.12 bits per heavy atom. The smallest absolute Gasteiger partial charge is 0.0594 e. The fourth-order valence-electron chi connectivity index (χ4n) is 0.371. The Morgan fingerprint density at radius 3 is 2.12 bits per heavy atom. The number of halogens is 1. The van der Waals surface area contributed by atoms with Crippen LogP contribution in [0.1, 0.15) is 13.8 Å². The molecule has 0 spiro atoms. The first-order valence-electron chi connectivity index (χ1n) is 2.69. The third-order valence-corrected chi connectivity index (χ3v) is 1.94. The van der Waals surface area contributed by atoms with Crippen LogP contribution >= 0.6 is 22.9 Å². The Hall–Kier alpha value is 0.650. The van der Waals surface area contributed by atoms with Crippen molar-refractivity contribution in [3.05, 3.63) is 0 Å². The second-order valence-corrected chi connectivity index (χ2v) is 2.77. The summed E-state index contributed by atoms with van der Waals surface area (Å²) in [6.45, 7) is 4.37. The van der Waals surface area contributed by atoms with E-state index in [2.05, 4.69) is 40.2 Å². The summed E-state index contributed by atoms with van der Waals surface area (Å²) in [6.07, 6.45) is 0. The van der Waals surface area contributed by atoms with Crippen LogP contribution in [-0.4, -0.2) is 17.8 Å². The van der Waals surface area contributed by atoms with Crippen molar-refractivity contribution in [1.29, 1.82) is 0 Å². The second-order valence-electron chi connectivity index (χ2n) is 2.14. The number of aliphatic hydroxyl groups excluding tert-OH is 1. The topological polar surface area (TPSA) is 32.3 Å². The van der Waals surface area contributed by atoms with Crippen molar-refractivity contribution in [3.63, 3.8) is 0 Å². The molecule has 3 heteroatoms. The van der Waals surface area contributed by atoms with Crippen molar-refractivity contribution < 1.29 is 5.11 Å². The zero-order valence-electron chi connectivity index (χ0n) is 5.19. The molecule has 0 saturated heterocycles. The lowest BCUT2D eigenvalue weighted by molar-refractivity contribution is 0.233. The molecule has 0 aromatic heterocycles. The molecule has 0 aromatic carbocycles. The van der Waals surface area contributed by atoms with Gasteiger partial charge in [-0.2, -0.15) is 0 Å². The molecule has 0 fully saturated rings. The van der Waals surface area contributed by atoms with Crippen molar-refractivity contribution in [2.75, 3.05) is 6.61 Å². The van der Waals surface area contributed by atoms with Gasteiger partial charge in [0.05, 0.1) is 6.61 Å². The van der Waals surface area contributed by atoms with Gasteiger partial charge in [-0.15, -0.1) is 0 Å². The van der Waals surface area contributed by atoms with Gasteiger partial charge in [0.25, 0.3) is 0 Å². The largest absolute Gasteiger partial charge is 0.395 e. The Labute approximate surface area is 64.2 Å². The number of aliphatic hydroxyl groups is 1. The second kappa shape index (κ2) is 4.52. The lowest BCUT2D eigenvalue weighted by Crippen LogP contribution is -2.29. The summed E-state index contributed by atoms with van der Waals surface area (Å²) in [5.74, 6) is 0.511. The van der Waals surface area contributed by atoms with E-state index in [9.17, 15) is 0 Å². The summed E-state index contributed by atoms with van der Waals surface area (Å²) in [5.41, 5.74) is 0. The highest BCUT2D eigenvalue weighted by molar-refractivity contribution is 14.1. The Bertz CT molecular complexity index is 54.4. The van der Waals surface area contributed by atoms with Crippen LogP contribution in [0.4, 0.5) is 0 Å². The summed E-state index contributed by atoms with van der Waals surface area (Å²) in [5, 5.41) is 8.63. The fraction of sp³-hybridized carbons (Fsp3) is 1.00. The van der Waals surface area contributed by atoms with Gasteiger partial charge in [0.15, 0.2) is 0 Å². The molecule has 2 nitrogen and oxygen atoms in total. The quantitative estimate of drug-likeness (QED) is 0.557. The van der Waals surface area contributed by atoms with Gasteiger partial charge in [0.2, 0.25) is 0 Å². The summed E-state index contributed by atoms with van der Waals surface area (Å²) >= 11 is 2.05. The summed E-state index contributed by atoms with van der Waals surface area (Å²) < 4.78 is 2.97. The molecule has 0 rings (SSSR count). The maximum atomic E-state index is 8.63. The van der Waals surface area contributed by atoms with Crippen LogP contribution in [0.15, 0.2) is 0 Å². The predicted molar refractivity (Wildman–Crippen MR) is 42.9 cm³/mol. The van der Waals surface area contributed by atoms with Gasteiger partial charge in [0.1, 0.15) is 0 Å². The van der Waals surface area contributed by atoms with Gasteiger partial charge in [0, 0.05) is 28.9 Å². The van der Waals surface area contributed by atoms with E-state index in [0.717, 1.165) is 0 Å². The minimum atomic E-state index is 0.223. The van der Waals surface area contributed by atoms with Gasteiger partial charge in [-0.1, -0.05) is 13.8 Å². The number of rotatable bonds is 3. The Kier molecular flexibility index (Phi) is 4.89. The molecular formula is C5H12INO. The van der Waals surface area contributed by atoms with Crippen molar-refractivity contribution in [2.45, 2.75) is 19.9 Å². The first-order chi connectivity index (χ1) is 3.72. The fourth-order valence-corrected chi connectivity index (χ4v) is 1.29. The molecule has 0 saturated carbocycles. The monoisotopic (exact) mass is 229 g/mol. The van der Waals surface area contributed by atoms with Crippen molar-refractivity contribution in [1.82, 2.24) is 3.53 Å². The van der Waals surface area contributed by atoms with Crippen LogP contribution in [0, 0.1) is 5.92 Å². The molecule has 0 radical (unpaired) electrons. The SMILES string of the molecule is CC(C)C(CO)NI. The molecule has 0 aliphatic carbocycles. The molecule has 0 bridgehead atoms. The molecular weight excluding hydrogens is 217 g/mol. The van der Waals surface area contributed by atoms with Crippen LogP contribution in [0.3, 0.4) is 0 Å². The third-order valence-electron chi connectivity index (χ3n) is 1.14. The molecule has 0 heterocycles. The van der Waals surface area contributed by atoms with Gasteiger partial charge >= 0.3 is 0 Å². The van der Waals surface area contributed by atoms with Crippen LogP contribution in [0.5, 0.6) is 0 Å². The standard InChI is InChI=1S/C5H12INO/c1-4(2)5(3-8)7-6/h4-5,7-8H,3H2,1-2H3. The van der Waals surface area contributed by atoms with E-state index in [0.29, 0.717) is 5.92 Å². The molecule has 0 amide bonds. The van der Waals surface area contributed by atoms with E-state index in [1.54, 1.807) is 0 Å². The summed E-state index contributed by atoms with van der Waals surface area (Å²) in [6, 6.07) is 0.246. The van der Waals surface area contributed by atoms with E-state index < -0.39 is 0 Å². The zero-order chi connectivity index (χ0) is 6.57. The van der Waals surface area contributed by atoms with Crippen LogP contribution in [-0.2, 0) is 0 Å². The molecule has 50 valence electrons. The highest BCUT2D eigenvalue weighted by Gasteiger charge is 2.07. The van der Waals surface area contributed by atoms with Crippen LogP contribution < -0.4 is 3.53 Å². The summed E-state index contributed by atoms with van der Waals surface area (Å²) in [7, 11) is 0. The van der Waals surface area contributed by atoms with Gasteiger partial charge in [-0.25, -0.2) is 0 Å². The molecule has 0 aliphatic rings. The third kappa shape index (κ3) is 2.84. The van der Waals surface area contributed by atoms with Crippen molar-refractivity contribution in [3.8, 4) is 0 Å². The maximum absolute atomic E-state index is 8.63. The van der Waals surface area contributed by atoms with Crippen LogP contribution in [0.25, 0.3) is 0 Å². The lowest BCUT2D eigenvalue weighted by atomic mass is 10.1. The molecule has 2 N–H and O–H groups in total. The zero-order valence-corrected chi connectivity index (χ0v) is 7.34. The highest BCUT2D eigenvalue weighted by atomic mass is 127. The Balaban J connectivity index is 3.35. The minimum Gasteiger partial charge on any atom is -0.395 e. The van der Waals surface area contributed by atoms with E-state index in [1.165, 1.54) is 0 Å². The highest BCUT2D eigenvalue weighted by Crippen LogP contribution is 2.00. The van der Waals surface area contributed by atoms with Gasteiger partial charge in [-0.05, 0) is 5.92 Å². The number of hydrogen-bond donors (Lipinski definition) is 2. The van der Waals surface area contributed by atoms with Crippen molar-refractivity contribution in [2.24, 2.45) is 5.92 Å². The molecule has 8 heavy (non-hydrogen) atoms. The normalized spacial score (nSPS) is 14.6. The molecule has 0 aromatic rings.